The van der Waals surface area contributed by atoms with Crippen molar-refractivity contribution in [1.82, 2.24) is 30.3 Å². The van der Waals surface area contributed by atoms with Crippen molar-refractivity contribution < 1.29 is 14.0 Å². The fourth-order valence-corrected chi connectivity index (χ4v) is 2.91. The third-order valence-corrected chi connectivity index (χ3v) is 4.34. The van der Waals surface area contributed by atoms with Crippen LogP contribution >= 0.6 is 11.8 Å². The van der Waals surface area contributed by atoms with Crippen molar-refractivity contribution in [3.8, 4) is 22.9 Å². The highest BCUT2D eigenvalue weighted by molar-refractivity contribution is 7.98. The summed E-state index contributed by atoms with van der Waals surface area (Å²) in [5.41, 5.74) is 1.36. The highest BCUT2D eigenvalue weighted by atomic mass is 32.2. The van der Waals surface area contributed by atoms with Crippen molar-refractivity contribution in [2.45, 2.75) is 10.9 Å². The van der Waals surface area contributed by atoms with Crippen LogP contribution in [-0.2, 0) is 5.75 Å². The van der Waals surface area contributed by atoms with Crippen molar-refractivity contribution >= 4 is 11.8 Å². The van der Waals surface area contributed by atoms with Gasteiger partial charge in [-0.05, 0) is 59.0 Å². The molecule has 0 aliphatic rings. The highest BCUT2D eigenvalue weighted by Crippen LogP contribution is 2.24. The number of phenols is 1. The van der Waals surface area contributed by atoms with Gasteiger partial charge in [0.25, 0.3) is 5.89 Å². The summed E-state index contributed by atoms with van der Waals surface area (Å²) in [6.07, 6.45) is 0. The first-order valence-corrected chi connectivity index (χ1v) is 8.47. The van der Waals surface area contributed by atoms with E-state index >= 15 is 0 Å². The summed E-state index contributed by atoms with van der Waals surface area (Å²) in [5, 5.41) is 25.4. The first-order valence-electron chi connectivity index (χ1n) is 7.48. The van der Waals surface area contributed by atoms with Gasteiger partial charge in [0.15, 0.2) is 5.82 Å². The number of phenolic OH excluding ortho intramolecular Hbond substituents is 1. The zero-order valence-electron chi connectivity index (χ0n) is 13.2. The maximum absolute atomic E-state index is 13.0. The topological polar surface area (TPSA) is 103 Å². The average Bonchev–Trinajstić information content (AvgIpc) is 3.30. The van der Waals surface area contributed by atoms with Gasteiger partial charge in [0, 0.05) is 5.56 Å². The molecule has 4 rings (SSSR count). The minimum Gasteiger partial charge on any atom is -0.508 e. The number of aromatic hydroxyl groups is 1. The second kappa shape index (κ2) is 6.92. The van der Waals surface area contributed by atoms with Gasteiger partial charge in [-0.25, -0.2) is 4.39 Å². The molecule has 2 heterocycles. The molecular formula is C16H11FN6O2S. The summed E-state index contributed by atoms with van der Waals surface area (Å²) >= 11 is 1.34. The Morgan fingerprint density at radius 1 is 1.08 bits per heavy atom. The fraction of sp³-hybridized carbons (Fsp3) is 0.0625. The maximum atomic E-state index is 13.0. The van der Waals surface area contributed by atoms with Gasteiger partial charge in [0.05, 0.1) is 11.4 Å². The molecule has 0 aliphatic heterocycles. The Balaban J connectivity index is 1.48. The van der Waals surface area contributed by atoms with E-state index in [9.17, 15) is 9.50 Å². The lowest BCUT2D eigenvalue weighted by Gasteiger charge is -2.03. The molecule has 26 heavy (non-hydrogen) atoms. The number of hydrogen-bond acceptors (Lipinski definition) is 8. The molecule has 8 nitrogen and oxygen atoms in total. The summed E-state index contributed by atoms with van der Waals surface area (Å²) in [4.78, 5) is 4.29. The molecular weight excluding hydrogens is 359 g/mol. The summed E-state index contributed by atoms with van der Waals surface area (Å²) in [6, 6.07) is 12.3. The van der Waals surface area contributed by atoms with E-state index in [1.807, 2.05) is 0 Å². The monoisotopic (exact) mass is 370 g/mol. The third kappa shape index (κ3) is 3.40. The fourth-order valence-electron chi connectivity index (χ4n) is 2.18. The predicted molar refractivity (Wildman–Crippen MR) is 90.1 cm³/mol. The number of nitrogens with zero attached hydrogens (tertiary/aromatic N) is 6. The quantitative estimate of drug-likeness (QED) is 0.535. The van der Waals surface area contributed by atoms with E-state index in [4.69, 9.17) is 4.52 Å². The molecule has 0 fully saturated rings. The lowest BCUT2D eigenvalue weighted by molar-refractivity contribution is 0.425. The summed E-state index contributed by atoms with van der Waals surface area (Å²) < 4.78 is 19.7. The van der Waals surface area contributed by atoms with Crippen LogP contribution in [0.2, 0.25) is 0 Å². The molecule has 1 N–H and O–H groups in total. The van der Waals surface area contributed by atoms with Gasteiger partial charge in [0.1, 0.15) is 11.6 Å². The third-order valence-electron chi connectivity index (χ3n) is 3.42. The number of tetrazole rings is 1. The van der Waals surface area contributed by atoms with Crippen molar-refractivity contribution in [2.24, 2.45) is 0 Å². The maximum Gasteiger partial charge on any atom is 0.257 e. The zero-order chi connectivity index (χ0) is 17.9. The minimum absolute atomic E-state index is 0.163. The largest absolute Gasteiger partial charge is 0.508 e. The van der Waals surface area contributed by atoms with Gasteiger partial charge in [-0.2, -0.15) is 9.67 Å². The Labute approximate surface area is 150 Å². The lowest BCUT2D eigenvalue weighted by atomic mass is 10.2. The molecule has 130 valence electrons. The van der Waals surface area contributed by atoms with E-state index in [0.29, 0.717) is 28.2 Å². The number of thioether (sulfide) groups is 1. The number of aromatic nitrogens is 6. The van der Waals surface area contributed by atoms with Crippen LogP contribution in [0.15, 0.2) is 58.2 Å². The summed E-state index contributed by atoms with van der Waals surface area (Å²) in [5.74, 6) is 1.01. The van der Waals surface area contributed by atoms with E-state index in [2.05, 4.69) is 25.7 Å². The Hall–Kier alpha value is -3.27. The molecule has 2 aromatic heterocycles. The first kappa shape index (κ1) is 16.2. The Morgan fingerprint density at radius 2 is 1.85 bits per heavy atom. The molecule has 0 amide bonds. The molecule has 0 bridgehead atoms. The summed E-state index contributed by atoms with van der Waals surface area (Å²) in [7, 11) is 0. The molecule has 10 heteroatoms. The van der Waals surface area contributed by atoms with Crippen LogP contribution in [0.4, 0.5) is 4.39 Å². The highest BCUT2D eigenvalue weighted by Gasteiger charge is 2.13. The van der Waals surface area contributed by atoms with Crippen LogP contribution in [0, 0.1) is 5.82 Å². The van der Waals surface area contributed by atoms with E-state index in [1.54, 1.807) is 41.1 Å². The zero-order valence-corrected chi connectivity index (χ0v) is 14.0. The van der Waals surface area contributed by atoms with Crippen molar-refractivity contribution in [3.63, 3.8) is 0 Å². The van der Waals surface area contributed by atoms with Gasteiger partial charge in [-0.15, -0.1) is 5.10 Å². The number of benzene rings is 2. The van der Waals surface area contributed by atoms with Crippen LogP contribution in [0.5, 0.6) is 5.75 Å². The predicted octanol–water partition coefficient (Wildman–Crippen LogP) is 2.85. The molecule has 0 atom stereocenters. The van der Waals surface area contributed by atoms with E-state index in [-0.39, 0.29) is 11.6 Å². The van der Waals surface area contributed by atoms with Crippen molar-refractivity contribution in [3.05, 3.63) is 60.2 Å². The van der Waals surface area contributed by atoms with Gasteiger partial charge in [0.2, 0.25) is 5.16 Å². The molecule has 0 saturated carbocycles. The molecule has 0 aliphatic carbocycles. The lowest BCUT2D eigenvalue weighted by Crippen LogP contribution is -1.99. The molecule has 4 aromatic rings. The minimum atomic E-state index is -0.329. The smallest absolute Gasteiger partial charge is 0.257 e. The van der Waals surface area contributed by atoms with Gasteiger partial charge in [-0.3, -0.25) is 0 Å². The van der Waals surface area contributed by atoms with Gasteiger partial charge < -0.3 is 9.63 Å². The second-order valence-electron chi connectivity index (χ2n) is 5.20. The number of halogens is 1. The molecule has 0 saturated heterocycles. The molecule has 0 spiro atoms. The van der Waals surface area contributed by atoms with Crippen LogP contribution in [0.3, 0.4) is 0 Å². The SMILES string of the molecule is Oc1ccc(-n2nnnc2SCc2noc(-c3ccc(F)cc3)n2)cc1. The van der Waals surface area contributed by atoms with Crippen LogP contribution in [-0.4, -0.2) is 35.5 Å². The van der Waals surface area contributed by atoms with Crippen LogP contribution in [0.25, 0.3) is 17.1 Å². The Morgan fingerprint density at radius 3 is 2.62 bits per heavy atom. The van der Waals surface area contributed by atoms with Crippen LogP contribution in [0.1, 0.15) is 5.82 Å². The number of hydrogen-bond donors (Lipinski definition) is 1. The Bertz CT molecular complexity index is 1020. The van der Waals surface area contributed by atoms with Gasteiger partial charge >= 0.3 is 0 Å². The van der Waals surface area contributed by atoms with E-state index in [1.165, 1.54) is 23.9 Å². The van der Waals surface area contributed by atoms with Gasteiger partial charge in [-0.1, -0.05) is 16.9 Å². The van der Waals surface area contributed by atoms with E-state index in [0.717, 1.165) is 5.69 Å². The number of rotatable bonds is 5. The van der Waals surface area contributed by atoms with E-state index < -0.39 is 0 Å². The average molecular weight is 370 g/mol. The second-order valence-corrected chi connectivity index (χ2v) is 6.14. The Kier molecular flexibility index (Phi) is 4.32. The standard InChI is InChI=1S/C16H11FN6O2S/c17-11-3-1-10(2-4-11)15-18-14(20-25-15)9-26-16-19-21-22-23(16)12-5-7-13(24)8-6-12/h1-8,24H,9H2. The first-order chi connectivity index (χ1) is 12.7. The van der Waals surface area contributed by atoms with Crippen molar-refractivity contribution in [1.29, 1.82) is 0 Å². The van der Waals surface area contributed by atoms with Crippen LogP contribution < -0.4 is 0 Å². The molecule has 2 aromatic carbocycles. The molecule has 0 unspecified atom stereocenters. The molecule has 0 radical (unpaired) electrons. The summed E-state index contributed by atoms with van der Waals surface area (Å²) in [6.45, 7) is 0. The van der Waals surface area contributed by atoms with Crippen molar-refractivity contribution in [2.75, 3.05) is 0 Å². The normalized spacial score (nSPS) is 11.0.